The van der Waals surface area contributed by atoms with E-state index < -0.39 is 29.5 Å². The Kier molecular flexibility index (Phi) is 7.57. The van der Waals surface area contributed by atoms with Crippen LogP contribution in [0.2, 0.25) is 0 Å². The predicted octanol–water partition coefficient (Wildman–Crippen LogP) is 2.17. The van der Waals surface area contributed by atoms with Crippen LogP contribution in [0.15, 0.2) is 30.5 Å². The van der Waals surface area contributed by atoms with Crippen molar-refractivity contribution in [2.45, 2.75) is 18.5 Å². The van der Waals surface area contributed by atoms with Gasteiger partial charge in [-0.1, -0.05) is 6.07 Å². The molecule has 0 bridgehead atoms. The number of ether oxygens (including phenoxy) is 1. The molecular weight excluding hydrogens is 485 g/mol. The number of halogens is 3. The van der Waals surface area contributed by atoms with Crippen LogP contribution in [0.5, 0.6) is 0 Å². The summed E-state index contributed by atoms with van der Waals surface area (Å²) in [6, 6.07) is 5.63. The fourth-order valence-electron chi connectivity index (χ4n) is 3.72. The highest BCUT2D eigenvalue weighted by Gasteiger charge is 2.35. The number of carbonyl (C=O) groups is 2. The van der Waals surface area contributed by atoms with Crippen LogP contribution in [0.3, 0.4) is 0 Å². The second kappa shape index (κ2) is 10.6. The average Bonchev–Trinajstić information content (AvgIpc) is 3.25. The van der Waals surface area contributed by atoms with Gasteiger partial charge in [0.2, 0.25) is 5.91 Å². The minimum Gasteiger partial charge on any atom is -0.379 e. The number of alkyl halides is 3. The first-order valence-electron chi connectivity index (χ1n) is 10.9. The number of nitrogens with zero attached hydrogens (tertiary/aromatic N) is 4. The standard InChI is InChI=1S/C22H23F3N6O3S/c23-22(24,25)15-5-7-27-19(30-15)16(18(26)32)21-29-14-4-1-3-13(17(14)35-21)20(33)28-6-2-8-31-9-11-34-12-10-31/h1,3-5,7,16H,2,6,8-12H2,(H2,26,32)(H,28,33). The molecular formula is C22H23F3N6O3S. The van der Waals surface area contributed by atoms with Crippen LogP contribution < -0.4 is 11.1 Å². The lowest BCUT2D eigenvalue weighted by molar-refractivity contribution is -0.141. The molecule has 35 heavy (non-hydrogen) atoms. The Morgan fingerprint density at radius 2 is 1.97 bits per heavy atom. The normalized spacial score (nSPS) is 15.7. The van der Waals surface area contributed by atoms with E-state index in [-0.39, 0.29) is 10.9 Å². The van der Waals surface area contributed by atoms with Gasteiger partial charge in [0.05, 0.1) is 29.0 Å². The fraction of sp³-hybridized carbons (Fsp3) is 0.409. The number of benzene rings is 1. The van der Waals surface area contributed by atoms with E-state index in [1.54, 1.807) is 18.2 Å². The molecule has 1 aliphatic rings. The molecule has 1 atom stereocenters. The first-order valence-corrected chi connectivity index (χ1v) is 11.7. The molecule has 0 aliphatic carbocycles. The summed E-state index contributed by atoms with van der Waals surface area (Å²) in [6.07, 6.45) is -3.02. The van der Waals surface area contributed by atoms with Crippen LogP contribution in [0.25, 0.3) is 10.2 Å². The van der Waals surface area contributed by atoms with E-state index in [9.17, 15) is 22.8 Å². The molecule has 1 saturated heterocycles. The summed E-state index contributed by atoms with van der Waals surface area (Å²) in [7, 11) is 0. The van der Waals surface area contributed by atoms with Crippen molar-refractivity contribution in [2.75, 3.05) is 39.4 Å². The maximum Gasteiger partial charge on any atom is 0.433 e. The number of rotatable bonds is 8. The van der Waals surface area contributed by atoms with E-state index >= 15 is 0 Å². The number of hydrogen-bond acceptors (Lipinski definition) is 8. The van der Waals surface area contributed by atoms with Gasteiger partial charge in [0.25, 0.3) is 5.91 Å². The van der Waals surface area contributed by atoms with Gasteiger partial charge in [0, 0.05) is 25.8 Å². The number of carbonyl (C=O) groups excluding carboxylic acids is 2. The van der Waals surface area contributed by atoms with Crippen LogP contribution in [0, 0.1) is 0 Å². The Morgan fingerprint density at radius 3 is 2.69 bits per heavy atom. The maximum absolute atomic E-state index is 13.1. The van der Waals surface area contributed by atoms with Crippen LogP contribution in [0.4, 0.5) is 13.2 Å². The van der Waals surface area contributed by atoms with Crippen molar-refractivity contribution >= 4 is 33.4 Å². The molecule has 1 aliphatic heterocycles. The molecule has 2 aromatic heterocycles. The van der Waals surface area contributed by atoms with E-state index in [4.69, 9.17) is 10.5 Å². The van der Waals surface area contributed by atoms with Crippen LogP contribution in [0.1, 0.15) is 39.2 Å². The van der Waals surface area contributed by atoms with Gasteiger partial charge in [0.1, 0.15) is 22.4 Å². The van der Waals surface area contributed by atoms with Gasteiger partial charge in [-0.05, 0) is 31.2 Å². The van der Waals surface area contributed by atoms with Gasteiger partial charge >= 0.3 is 6.18 Å². The average molecular weight is 509 g/mol. The number of fused-ring (bicyclic) bond motifs is 1. The van der Waals surface area contributed by atoms with Gasteiger partial charge < -0.3 is 15.8 Å². The maximum atomic E-state index is 13.1. The molecule has 1 unspecified atom stereocenters. The number of primary amides is 1. The Labute approximate surface area is 202 Å². The highest BCUT2D eigenvalue weighted by Crippen LogP contribution is 2.34. The lowest BCUT2D eigenvalue weighted by Crippen LogP contribution is -2.38. The molecule has 3 N–H and O–H groups in total. The first kappa shape index (κ1) is 24.9. The van der Waals surface area contributed by atoms with Crippen molar-refractivity contribution in [1.29, 1.82) is 0 Å². The Hall–Kier alpha value is -3.16. The summed E-state index contributed by atoms with van der Waals surface area (Å²) >= 11 is 1.00. The molecule has 9 nitrogen and oxygen atoms in total. The van der Waals surface area contributed by atoms with E-state index in [0.717, 1.165) is 43.6 Å². The number of nitrogens with one attached hydrogen (secondary N) is 1. The van der Waals surface area contributed by atoms with Crippen molar-refractivity contribution < 1.29 is 27.5 Å². The highest BCUT2D eigenvalue weighted by molar-refractivity contribution is 7.19. The number of aromatic nitrogens is 3. The summed E-state index contributed by atoms with van der Waals surface area (Å²) in [5.74, 6) is -3.05. The topological polar surface area (TPSA) is 123 Å². The minimum absolute atomic E-state index is 0.111. The summed E-state index contributed by atoms with van der Waals surface area (Å²) in [5, 5.41) is 3.00. The molecule has 4 rings (SSSR count). The van der Waals surface area contributed by atoms with Crippen LogP contribution >= 0.6 is 11.3 Å². The fourth-order valence-corrected chi connectivity index (χ4v) is 4.90. The lowest BCUT2D eigenvalue weighted by atomic mass is 10.1. The molecule has 186 valence electrons. The van der Waals surface area contributed by atoms with Gasteiger partial charge in [-0.2, -0.15) is 13.2 Å². The van der Waals surface area contributed by atoms with Crippen molar-refractivity contribution in [1.82, 2.24) is 25.2 Å². The summed E-state index contributed by atoms with van der Waals surface area (Å²) in [4.78, 5) is 39.0. The van der Waals surface area contributed by atoms with Crippen LogP contribution in [-0.2, 0) is 15.7 Å². The Balaban J connectivity index is 1.53. The molecule has 13 heteroatoms. The van der Waals surface area contributed by atoms with E-state index in [1.165, 1.54) is 0 Å². The van der Waals surface area contributed by atoms with E-state index in [1.807, 2.05) is 0 Å². The third kappa shape index (κ3) is 5.92. The Bertz CT molecular complexity index is 1210. The summed E-state index contributed by atoms with van der Waals surface area (Å²) < 4.78 is 45.1. The molecule has 0 saturated carbocycles. The molecule has 0 radical (unpaired) electrons. The van der Waals surface area contributed by atoms with Gasteiger partial charge in [0.15, 0.2) is 0 Å². The lowest BCUT2D eigenvalue weighted by Gasteiger charge is -2.26. The number of amides is 2. The van der Waals surface area contributed by atoms with Gasteiger partial charge in [-0.25, -0.2) is 15.0 Å². The molecule has 3 heterocycles. The molecule has 0 spiro atoms. The van der Waals surface area contributed by atoms with Gasteiger partial charge in [-0.3, -0.25) is 14.5 Å². The van der Waals surface area contributed by atoms with Gasteiger partial charge in [-0.15, -0.1) is 11.3 Å². The summed E-state index contributed by atoms with van der Waals surface area (Å²) in [6.45, 7) is 4.47. The molecule has 2 amide bonds. The summed E-state index contributed by atoms with van der Waals surface area (Å²) in [5.41, 5.74) is 5.08. The quantitative estimate of drug-likeness (QED) is 0.447. The smallest absolute Gasteiger partial charge is 0.379 e. The number of hydrogen-bond donors (Lipinski definition) is 2. The monoisotopic (exact) mass is 508 g/mol. The molecule has 3 aromatic rings. The van der Waals surface area contributed by atoms with E-state index in [0.29, 0.717) is 41.6 Å². The zero-order chi connectivity index (χ0) is 25.0. The minimum atomic E-state index is -4.71. The third-order valence-corrected chi connectivity index (χ3v) is 6.64. The van der Waals surface area contributed by atoms with E-state index in [2.05, 4.69) is 25.2 Å². The SMILES string of the molecule is NC(=O)C(c1nccc(C(F)(F)F)n1)c1nc2cccc(C(=O)NCCCN3CCOCC3)c2s1. The zero-order valence-corrected chi connectivity index (χ0v) is 19.4. The second-order valence-electron chi connectivity index (χ2n) is 7.90. The number of thiazole rings is 1. The second-order valence-corrected chi connectivity index (χ2v) is 8.93. The van der Waals surface area contributed by atoms with Crippen molar-refractivity contribution in [3.8, 4) is 0 Å². The van der Waals surface area contributed by atoms with Crippen molar-refractivity contribution in [2.24, 2.45) is 5.73 Å². The highest BCUT2D eigenvalue weighted by atomic mass is 32.1. The third-order valence-electron chi connectivity index (χ3n) is 5.47. The Morgan fingerprint density at radius 1 is 1.20 bits per heavy atom. The largest absolute Gasteiger partial charge is 0.433 e. The zero-order valence-electron chi connectivity index (χ0n) is 18.5. The number of morpholine rings is 1. The first-order chi connectivity index (χ1) is 16.7. The van der Waals surface area contributed by atoms with Crippen molar-refractivity contribution in [3.63, 3.8) is 0 Å². The van der Waals surface area contributed by atoms with Crippen molar-refractivity contribution in [3.05, 3.63) is 52.6 Å². The molecule has 1 fully saturated rings. The predicted molar refractivity (Wildman–Crippen MR) is 122 cm³/mol. The molecule has 1 aromatic carbocycles. The number of nitrogens with two attached hydrogens (primary N) is 1. The van der Waals surface area contributed by atoms with Crippen LogP contribution in [-0.4, -0.2) is 71.1 Å².